The summed E-state index contributed by atoms with van der Waals surface area (Å²) in [4.78, 5) is 21.1. The van der Waals surface area contributed by atoms with Crippen molar-refractivity contribution in [3.63, 3.8) is 0 Å². The summed E-state index contributed by atoms with van der Waals surface area (Å²) in [6, 6.07) is 0. The Labute approximate surface area is 120 Å². The van der Waals surface area contributed by atoms with E-state index in [9.17, 15) is 9.59 Å². The molecule has 0 aromatic heterocycles. The standard InChI is InChI=1S/C8H17NO2.C5H9NOS/c1-6(2)3-7(5-9)4-8(10)11;1-3-5(8)6-4(2)7/h6-7H,3-5,9H2,1-2H3,(H,10,11);3H2,1-2H3,(H,6,7,8)/t7-;/m0./s1. The van der Waals surface area contributed by atoms with Crippen LogP contribution < -0.4 is 11.1 Å². The molecule has 4 N–H and O–H groups in total. The van der Waals surface area contributed by atoms with Gasteiger partial charge >= 0.3 is 5.97 Å². The Balaban J connectivity index is 0. The summed E-state index contributed by atoms with van der Waals surface area (Å²) in [5, 5.41) is 11.0. The number of hydrogen-bond acceptors (Lipinski definition) is 4. The third kappa shape index (κ3) is 17.0. The molecule has 0 saturated heterocycles. The second kappa shape index (κ2) is 12.0. The first-order chi connectivity index (χ1) is 8.72. The molecule has 0 aromatic carbocycles. The van der Waals surface area contributed by atoms with Gasteiger partial charge in [0.15, 0.2) is 0 Å². The van der Waals surface area contributed by atoms with Gasteiger partial charge in [-0.1, -0.05) is 33.0 Å². The summed E-state index contributed by atoms with van der Waals surface area (Å²) < 4.78 is 0. The van der Waals surface area contributed by atoms with Crippen LogP contribution in [-0.2, 0) is 9.59 Å². The van der Waals surface area contributed by atoms with E-state index in [0.29, 0.717) is 17.5 Å². The summed E-state index contributed by atoms with van der Waals surface area (Å²) in [6.45, 7) is 7.97. The predicted molar refractivity (Wildman–Crippen MR) is 81.0 cm³/mol. The number of nitrogens with two attached hydrogens (primary N) is 1. The highest BCUT2D eigenvalue weighted by atomic mass is 32.1. The topological polar surface area (TPSA) is 92.4 Å². The molecule has 5 nitrogen and oxygen atoms in total. The van der Waals surface area contributed by atoms with Gasteiger partial charge in [0, 0.05) is 13.3 Å². The average molecular weight is 290 g/mol. The zero-order valence-electron chi connectivity index (χ0n) is 12.2. The number of hydrogen-bond donors (Lipinski definition) is 3. The van der Waals surface area contributed by atoms with E-state index in [0.717, 1.165) is 12.8 Å². The van der Waals surface area contributed by atoms with Crippen LogP contribution in [0.25, 0.3) is 0 Å². The number of carboxylic acids is 1. The third-order valence-electron chi connectivity index (χ3n) is 2.24. The molecule has 112 valence electrons. The van der Waals surface area contributed by atoms with Crippen molar-refractivity contribution < 1.29 is 14.7 Å². The Morgan fingerprint density at radius 2 is 1.89 bits per heavy atom. The maximum atomic E-state index is 10.3. The van der Waals surface area contributed by atoms with Crippen molar-refractivity contribution in [2.24, 2.45) is 17.6 Å². The van der Waals surface area contributed by atoms with Crippen LogP contribution in [0.1, 0.15) is 47.0 Å². The molecule has 0 aliphatic carbocycles. The largest absolute Gasteiger partial charge is 0.481 e. The molecule has 0 spiro atoms. The van der Waals surface area contributed by atoms with Gasteiger partial charge in [-0.15, -0.1) is 0 Å². The lowest BCUT2D eigenvalue weighted by molar-refractivity contribution is -0.138. The summed E-state index contributed by atoms with van der Waals surface area (Å²) in [7, 11) is 0. The molecule has 0 fully saturated rings. The quantitative estimate of drug-likeness (QED) is 0.650. The van der Waals surface area contributed by atoms with Gasteiger partial charge in [0.2, 0.25) is 5.91 Å². The van der Waals surface area contributed by atoms with Crippen molar-refractivity contribution in [1.82, 2.24) is 5.32 Å². The maximum absolute atomic E-state index is 10.3. The fourth-order valence-electron chi connectivity index (χ4n) is 1.46. The number of thiocarbonyl (C=S) groups is 1. The molecule has 0 aliphatic rings. The number of carboxylic acid groups (broad SMARTS) is 1. The summed E-state index contributed by atoms with van der Waals surface area (Å²) in [6.07, 6.45) is 1.84. The van der Waals surface area contributed by atoms with Gasteiger partial charge in [0.05, 0.1) is 4.99 Å². The van der Waals surface area contributed by atoms with Crippen LogP contribution in [0.5, 0.6) is 0 Å². The van der Waals surface area contributed by atoms with E-state index < -0.39 is 5.97 Å². The molecule has 0 unspecified atom stereocenters. The van der Waals surface area contributed by atoms with Crippen LogP contribution in [0.2, 0.25) is 0 Å². The first kappa shape index (κ1) is 20.3. The number of carbonyl (C=O) groups is 2. The Morgan fingerprint density at radius 3 is 2.11 bits per heavy atom. The first-order valence-electron chi connectivity index (χ1n) is 6.45. The summed E-state index contributed by atoms with van der Waals surface area (Å²) in [5.74, 6) is -0.159. The Bertz CT molecular complexity index is 294. The molecule has 19 heavy (non-hydrogen) atoms. The minimum Gasteiger partial charge on any atom is -0.481 e. The molecule has 0 bridgehead atoms. The monoisotopic (exact) mass is 290 g/mol. The normalized spacial score (nSPS) is 11.3. The van der Waals surface area contributed by atoms with Gasteiger partial charge < -0.3 is 16.2 Å². The highest BCUT2D eigenvalue weighted by molar-refractivity contribution is 7.80. The van der Waals surface area contributed by atoms with Gasteiger partial charge in [0.1, 0.15) is 0 Å². The van der Waals surface area contributed by atoms with E-state index in [4.69, 9.17) is 23.1 Å². The maximum Gasteiger partial charge on any atom is 0.303 e. The van der Waals surface area contributed by atoms with Gasteiger partial charge in [-0.2, -0.15) is 0 Å². The molecule has 1 atom stereocenters. The minimum absolute atomic E-state index is 0.0862. The molecule has 0 aromatic rings. The predicted octanol–water partition coefficient (Wildman–Crippen LogP) is 1.94. The molecule has 1 amide bonds. The second-order valence-electron chi connectivity index (χ2n) is 4.79. The van der Waals surface area contributed by atoms with E-state index in [2.05, 4.69) is 19.2 Å². The van der Waals surface area contributed by atoms with Crippen LogP contribution in [0.3, 0.4) is 0 Å². The highest BCUT2D eigenvalue weighted by Gasteiger charge is 2.12. The minimum atomic E-state index is -0.749. The Kier molecular flexibility index (Phi) is 12.9. The highest BCUT2D eigenvalue weighted by Crippen LogP contribution is 2.13. The molecule has 0 saturated carbocycles. The fourth-order valence-corrected chi connectivity index (χ4v) is 1.60. The van der Waals surface area contributed by atoms with E-state index in [1.54, 1.807) is 0 Å². The van der Waals surface area contributed by atoms with E-state index in [1.807, 2.05) is 6.92 Å². The average Bonchev–Trinajstić information content (AvgIpc) is 2.26. The van der Waals surface area contributed by atoms with Crippen LogP contribution in [-0.4, -0.2) is 28.5 Å². The number of carbonyl (C=O) groups excluding carboxylic acids is 1. The second-order valence-corrected chi connectivity index (χ2v) is 5.28. The molecular weight excluding hydrogens is 264 g/mol. The van der Waals surface area contributed by atoms with Crippen molar-refractivity contribution in [3.05, 3.63) is 0 Å². The van der Waals surface area contributed by atoms with Gasteiger partial charge in [-0.3, -0.25) is 9.59 Å². The molecule has 0 rings (SSSR count). The Hall–Kier alpha value is -1.01. The zero-order chi connectivity index (χ0) is 15.4. The zero-order valence-corrected chi connectivity index (χ0v) is 13.0. The number of aliphatic carboxylic acids is 1. The molecular formula is C13H26N2O3S. The first-order valence-corrected chi connectivity index (χ1v) is 6.85. The van der Waals surface area contributed by atoms with Crippen molar-refractivity contribution in [2.75, 3.05) is 6.54 Å². The van der Waals surface area contributed by atoms with Crippen LogP contribution in [0.15, 0.2) is 0 Å². The van der Waals surface area contributed by atoms with Gasteiger partial charge in [0.25, 0.3) is 0 Å². The lowest BCUT2D eigenvalue weighted by Gasteiger charge is -2.13. The van der Waals surface area contributed by atoms with Crippen molar-refractivity contribution >= 4 is 29.1 Å². The van der Waals surface area contributed by atoms with Crippen LogP contribution in [0.4, 0.5) is 0 Å². The Morgan fingerprint density at radius 1 is 1.37 bits per heavy atom. The lowest BCUT2D eigenvalue weighted by atomic mass is 9.94. The third-order valence-corrected chi connectivity index (χ3v) is 2.63. The van der Waals surface area contributed by atoms with E-state index in [-0.39, 0.29) is 18.2 Å². The number of rotatable bonds is 6. The van der Waals surface area contributed by atoms with Crippen molar-refractivity contribution in [2.45, 2.75) is 47.0 Å². The van der Waals surface area contributed by atoms with E-state index in [1.165, 1.54) is 6.92 Å². The lowest BCUT2D eigenvalue weighted by Crippen LogP contribution is -2.25. The molecule has 0 heterocycles. The SMILES string of the molecule is CC(C)C[C@H](CN)CC(=O)O.CCC(=S)NC(C)=O. The fraction of sp³-hybridized carbons (Fsp3) is 0.769. The number of amides is 1. The molecule has 0 radical (unpaired) electrons. The van der Waals surface area contributed by atoms with Crippen molar-refractivity contribution in [3.8, 4) is 0 Å². The summed E-state index contributed by atoms with van der Waals surface area (Å²) >= 11 is 4.70. The molecule has 6 heteroatoms. The van der Waals surface area contributed by atoms with E-state index >= 15 is 0 Å². The van der Waals surface area contributed by atoms with Crippen LogP contribution in [0, 0.1) is 11.8 Å². The smallest absolute Gasteiger partial charge is 0.303 e. The van der Waals surface area contributed by atoms with Gasteiger partial charge in [-0.05, 0) is 31.2 Å². The van der Waals surface area contributed by atoms with Crippen LogP contribution >= 0.6 is 12.2 Å². The van der Waals surface area contributed by atoms with Gasteiger partial charge in [-0.25, -0.2) is 0 Å². The summed E-state index contributed by atoms with van der Waals surface area (Å²) in [5.41, 5.74) is 5.41. The van der Waals surface area contributed by atoms with Crippen molar-refractivity contribution in [1.29, 1.82) is 0 Å². The molecule has 0 aliphatic heterocycles. The number of nitrogens with one attached hydrogen (secondary N) is 1.